The molecule has 2 aromatic rings. The average Bonchev–Trinajstić information content (AvgIpc) is 3.21. The van der Waals surface area contributed by atoms with Crippen LogP contribution < -0.4 is 10.2 Å². The summed E-state index contributed by atoms with van der Waals surface area (Å²) >= 11 is 0. The van der Waals surface area contributed by atoms with Crippen LogP contribution in [0.5, 0.6) is 0 Å². The second-order valence-corrected chi connectivity index (χ2v) is 10.7. The maximum atomic E-state index is 13.1. The summed E-state index contributed by atoms with van der Waals surface area (Å²) in [7, 11) is -3.59. The van der Waals surface area contributed by atoms with E-state index in [2.05, 4.69) is 5.32 Å². The third-order valence-electron chi connectivity index (χ3n) is 6.41. The highest BCUT2D eigenvalue weighted by Gasteiger charge is 2.38. The number of hydrogen-bond donors (Lipinski definition) is 1. The summed E-state index contributed by atoms with van der Waals surface area (Å²) in [6.07, 6.45) is 3.33. The molecule has 0 bridgehead atoms. The second-order valence-electron chi connectivity index (χ2n) is 8.80. The Labute approximate surface area is 195 Å². The van der Waals surface area contributed by atoms with Crippen molar-refractivity contribution in [3.8, 4) is 0 Å². The topological polar surface area (TPSA) is 86.8 Å². The molecule has 4 rings (SSSR count). The molecule has 1 fully saturated rings. The van der Waals surface area contributed by atoms with Crippen LogP contribution in [0.1, 0.15) is 49.3 Å². The monoisotopic (exact) mass is 469 g/mol. The Morgan fingerprint density at radius 2 is 1.82 bits per heavy atom. The van der Waals surface area contributed by atoms with E-state index in [4.69, 9.17) is 0 Å². The standard InChI is InChI=1S/C25H31N3O4S/c1-3-24(29)28-22-11-10-21(33(31,32)27-12-5-4-6-13-27)15-20(22)16-23(28)25(30)26-17-19-9-7-8-18(2)14-19/h7-11,14-15,23H,3-6,12-13,16-17H2,1-2H3,(H,26,30). The lowest BCUT2D eigenvalue weighted by atomic mass is 10.1. The Kier molecular flexibility index (Phi) is 6.86. The Morgan fingerprint density at radius 3 is 2.52 bits per heavy atom. The minimum Gasteiger partial charge on any atom is -0.350 e. The van der Waals surface area contributed by atoms with Crippen molar-refractivity contribution in [3.05, 3.63) is 59.2 Å². The minimum absolute atomic E-state index is 0.156. The minimum atomic E-state index is -3.59. The van der Waals surface area contributed by atoms with Crippen LogP contribution in [-0.2, 0) is 32.6 Å². The van der Waals surface area contributed by atoms with Crippen LogP contribution in [0.15, 0.2) is 47.4 Å². The number of carbonyl (C=O) groups excluding carboxylic acids is 2. The van der Waals surface area contributed by atoms with E-state index < -0.39 is 16.1 Å². The van der Waals surface area contributed by atoms with Crippen molar-refractivity contribution in [2.45, 2.75) is 63.4 Å². The van der Waals surface area contributed by atoms with Crippen molar-refractivity contribution >= 4 is 27.5 Å². The molecule has 0 radical (unpaired) electrons. The van der Waals surface area contributed by atoms with Gasteiger partial charge in [-0.1, -0.05) is 43.2 Å². The molecule has 0 aliphatic carbocycles. The molecule has 2 aliphatic heterocycles. The van der Waals surface area contributed by atoms with E-state index in [1.54, 1.807) is 25.1 Å². The van der Waals surface area contributed by atoms with Crippen LogP contribution in [0.3, 0.4) is 0 Å². The maximum absolute atomic E-state index is 13.1. The first kappa shape index (κ1) is 23.4. The van der Waals surface area contributed by atoms with Gasteiger partial charge in [0.25, 0.3) is 0 Å². The summed E-state index contributed by atoms with van der Waals surface area (Å²) in [4.78, 5) is 27.6. The quantitative estimate of drug-likeness (QED) is 0.704. The van der Waals surface area contributed by atoms with Gasteiger partial charge in [-0.05, 0) is 49.1 Å². The van der Waals surface area contributed by atoms with Gasteiger partial charge in [-0.25, -0.2) is 8.42 Å². The number of amides is 2. The summed E-state index contributed by atoms with van der Waals surface area (Å²) in [6, 6.07) is 12.1. The Hall–Kier alpha value is -2.71. The second kappa shape index (κ2) is 9.65. The van der Waals surface area contributed by atoms with E-state index in [0.29, 0.717) is 37.3 Å². The summed E-state index contributed by atoms with van der Waals surface area (Å²) in [5.41, 5.74) is 3.43. The van der Waals surface area contributed by atoms with Crippen molar-refractivity contribution in [3.63, 3.8) is 0 Å². The predicted octanol–water partition coefficient (Wildman–Crippen LogP) is 3.15. The highest BCUT2D eigenvalue weighted by Crippen LogP contribution is 2.35. The molecule has 0 saturated carbocycles. The lowest BCUT2D eigenvalue weighted by molar-refractivity contribution is -0.126. The molecule has 1 N–H and O–H groups in total. The number of rotatable bonds is 6. The summed E-state index contributed by atoms with van der Waals surface area (Å²) in [6.45, 7) is 5.19. The molecule has 33 heavy (non-hydrogen) atoms. The average molecular weight is 470 g/mol. The van der Waals surface area contributed by atoms with E-state index in [1.165, 1.54) is 9.21 Å². The third-order valence-corrected chi connectivity index (χ3v) is 8.31. The van der Waals surface area contributed by atoms with Gasteiger partial charge in [-0.3, -0.25) is 14.5 Å². The molecule has 0 spiro atoms. The smallest absolute Gasteiger partial charge is 0.243 e. The number of piperidine rings is 1. The van der Waals surface area contributed by atoms with Gasteiger partial charge in [0.2, 0.25) is 21.8 Å². The largest absolute Gasteiger partial charge is 0.350 e. The number of sulfonamides is 1. The van der Waals surface area contributed by atoms with Crippen molar-refractivity contribution in [2.24, 2.45) is 0 Å². The van der Waals surface area contributed by atoms with Gasteiger partial charge in [0, 0.05) is 38.2 Å². The summed E-state index contributed by atoms with van der Waals surface area (Å²) in [5.74, 6) is -0.397. The van der Waals surface area contributed by atoms with Crippen LogP contribution in [0.2, 0.25) is 0 Å². The molecule has 2 aliphatic rings. The number of nitrogens with zero attached hydrogens (tertiary/aromatic N) is 2. The van der Waals surface area contributed by atoms with E-state index in [1.807, 2.05) is 31.2 Å². The molecule has 2 heterocycles. The first-order valence-electron chi connectivity index (χ1n) is 11.6. The molecule has 2 aromatic carbocycles. The fourth-order valence-electron chi connectivity index (χ4n) is 4.66. The van der Waals surface area contributed by atoms with Gasteiger partial charge >= 0.3 is 0 Å². The molecule has 2 amide bonds. The molecular weight excluding hydrogens is 438 g/mol. The van der Waals surface area contributed by atoms with E-state index in [-0.39, 0.29) is 23.1 Å². The molecule has 1 saturated heterocycles. The van der Waals surface area contributed by atoms with Crippen LogP contribution in [0.25, 0.3) is 0 Å². The zero-order chi connectivity index (χ0) is 23.6. The number of benzene rings is 2. The van der Waals surface area contributed by atoms with Crippen LogP contribution in [-0.4, -0.2) is 43.7 Å². The molecular formula is C25H31N3O4S. The number of carbonyl (C=O) groups is 2. The first-order valence-corrected chi connectivity index (χ1v) is 13.0. The lowest BCUT2D eigenvalue weighted by Crippen LogP contribution is -2.47. The first-order chi connectivity index (χ1) is 15.8. The number of fused-ring (bicyclic) bond motifs is 1. The van der Waals surface area contributed by atoms with Crippen LogP contribution in [0.4, 0.5) is 5.69 Å². The summed E-state index contributed by atoms with van der Waals surface area (Å²) < 4.78 is 27.8. The molecule has 1 atom stereocenters. The molecule has 0 aromatic heterocycles. The van der Waals surface area contributed by atoms with E-state index in [9.17, 15) is 18.0 Å². The van der Waals surface area contributed by atoms with Gasteiger partial charge < -0.3 is 5.32 Å². The number of nitrogens with one attached hydrogen (secondary N) is 1. The fraction of sp³-hybridized carbons (Fsp3) is 0.440. The Bertz CT molecular complexity index is 1160. The number of hydrogen-bond acceptors (Lipinski definition) is 4. The van der Waals surface area contributed by atoms with Gasteiger partial charge in [-0.15, -0.1) is 0 Å². The van der Waals surface area contributed by atoms with Crippen molar-refractivity contribution in [2.75, 3.05) is 18.0 Å². The van der Waals surface area contributed by atoms with Gasteiger partial charge in [0.1, 0.15) is 6.04 Å². The maximum Gasteiger partial charge on any atom is 0.243 e. The highest BCUT2D eigenvalue weighted by atomic mass is 32.2. The predicted molar refractivity (Wildman–Crippen MR) is 127 cm³/mol. The van der Waals surface area contributed by atoms with Gasteiger partial charge in [-0.2, -0.15) is 4.31 Å². The normalized spacial score (nSPS) is 18.7. The Balaban J connectivity index is 1.57. The van der Waals surface area contributed by atoms with E-state index in [0.717, 1.165) is 30.4 Å². The highest BCUT2D eigenvalue weighted by molar-refractivity contribution is 7.89. The van der Waals surface area contributed by atoms with Crippen molar-refractivity contribution < 1.29 is 18.0 Å². The summed E-state index contributed by atoms with van der Waals surface area (Å²) in [5, 5.41) is 2.95. The molecule has 176 valence electrons. The van der Waals surface area contributed by atoms with Gasteiger partial charge in [0.05, 0.1) is 4.90 Å². The van der Waals surface area contributed by atoms with E-state index >= 15 is 0 Å². The molecule has 1 unspecified atom stereocenters. The number of aryl methyl sites for hydroxylation is 1. The zero-order valence-electron chi connectivity index (χ0n) is 19.2. The Morgan fingerprint density at radius 1 is 1.06 bits per heavy atom. The zero-order valence-corrected chi connectivity index (χ0v) is 20.0. The van der Waals surface area contributed by atoms with Gasteiger partial charge in [0.15, 0.2) is 0 Å². The molecule has 8 heteroatoms. The lowest BCUT2D eigenvalue weighted by Gasteiger charge is -2.26. The SMILES string of the molecule is CCC(=O)N1c2ccc(S(=O)(=O)N3CCCCC3)cc2CC1C(=O)NCc1cccc(C)c1. The number of anilines is 1. The fourth-order valence-corrected chi connectivity index (χ4v) is 6.23. The van der Waals surface area contributed by atoms with Crippen LogP contribution >= 0.6 is 0 Å². The van der Waals surface area contributed by atoms with Crippen molar-refractivity contribution in [1.29, 1.82) is 0 Å². The van der Waals surface area contributed by atoms with Crippen LogP contribution in [0, 0.1) is 6.92 Å². The third kappa shape index (κ3) is 4.82. The van der Waals surface area contributed by atoms with Crippen molar-refractivity contribution in [1.82, 2.24) is 9.62 Å². The molecule has 7 nitrogen and oxygen atoms in total.